The van der Waals surface area contributed by atoms with E-state index in [9.17, 15) is 14.7 Å². The number of carbonyl (C=O) groups excluding carboxylic acids is 3. The average molecular weight is 1170 g/mol. The molecular weight excluding hydrogens is 1110 g/mol. The number of halogens is 1. The van der Waals surface area contributed by atoms with Crippen molar-refractivity contribution in [2.24, 2.45) is 5.16 Å². The van der Waals surface area contributed by atoms with Crippen molar-refractivity contribution in [3.05, 3.63) is 226 Å². The van der Waals surface area contributed by atoms with Crippen molar-refractivity contribution in [1.82, 2.24) is 15.2 Å². The molecule has 0 saturated carbocycles. The molecular formula is C61H58ClN5O13S2. The normalized spacial score (nSPS) is 15.5. The van der Waals surface area contributed by atoms with Gasteiger partial charge in [-0.05, 0) is 45.5 Å². The number of nitrogens with one attached hydrogen (secondary N) is 2. The van der Waals surface area contributed by atoms with Crippen LogP contribution >= 0.6 is 34.7 Å². The third kappa shape index (κ3) is 13.6. The van der Waals surface area contributed by atoms with Crippen LogP contribution in [0, 0.1) is 0 Å². The van der Waals surface area contributed by atoms with Crippen LogP contribution in [0.1, 0.15) is 51.3 Å². The van der Waals surface area contributed by atoms with Crippen molar-refractivity contribution in [2.45, 2.75) is 29.2 Å². The van der Waals surface area contributed by atoms with E-state index in [1.807, 2.05) is 152 Å². The molecule has 3 heterocycles. The Morgan fingerprint density at radius 1 is 0.732 bits per heavy atom. The van der Waals surface area contributed by atoms with Gasteiger partial charge in [-0.1, -0.05) is 163 Å². The first kappa shape index (κ1) is 58.6. The maximum absolute atomic E-state index is 15.2. The Morgan fingerprint density at radius 2 is 1.27 bits per heavy atom. The van der Waals surface area contributed by atoms with Gasteiger partial charge in [-0.25, -0.2) is 14.6 Å². The standard InChI is InChI=1S/C61H58ClN5O13S2/c1-73-30-32-75-38-77-48-29-28-42(34-49(48)78-39-76-33-31-74-2)54(59(72)79-53(40-18-8-3-9-19-40)41-20-10-4-11-21-41)80-66-50(55(68)64-51-56(69)67-52(58(70)71)43(35-62)36-81-57(51)67)47-37-82-60(63-47)65-61(44-22-12-5-13-23-44,45-24-14-6-15-25-45)46-26-16-7-17-27-46/h3-29,34,37,51,53-54,57H,30-33,35-36,38-39H2,1-2H3,(H,63,65)(H,64,68)(H,70,71)/b66-50+/t51-,54?,57-/m1/s1. The van der Waals surface area contributed by atoms with Crippen LogP contribution in [0.3, 0.4) is 0 Å². The molecule has 424 valence electrons. The van der Waals surface area contributed by atoms with Crippen LogP contribution in [0.15, 0.2) is 192 Å². The molecule has 7 aromatic rings. The average Bonchev–Trinajstić information content (AvgIpc) is 2.75. The highest BCUT2D eigenvalue weighted by molar-refractivity contribution is 8.00. The van der Waals surface area contributed by atoms with Crippen molar-refractivity contribution in [3.63, 3.8) is 0 Å². The van der Waals surface area contributed by atoms with Gasteiger partial charge in [0.2, 0.25) is 6.10 Å². The number of hydrogen-bond acceptors (Lipinski definition) is 17. The molecule has 1 saturated heterocycles. The number of β-lactam (4-membered cyclic amide) rings is 1. The molecule has 0 radical (unpaired) electrons. The molecule has 9 rings (SSSR count). The molecule has 3 atom stereocenters. The van der Waals surface area contributed by atoms with E-state index in [1.165, 1.54) is 29.2 Å². The molecule has 2 aliphatic heterocycles. The molecule has 82 heavy (non-hydrogen) atoms. The van der Waals surface area contributed by atoms with Gasteiger partial charge in [-0.2, -0.15) is 0 Å². The number of carboxylic acids is 1. The summed E-state index contributed by atoms with van der Waals surface area (Å²) in [5, 5.41) is 22.3. The highest BCUT2D eigenvalue weighted by atomic mass is 35.5. The summed E-state index contributed by atoms with van der Waals surface area (Å²) in [4.78, 5) is 69.2. The zero-order valence-corrected chi connectivity index (χ0v) is 47.0. The predicted octanol–water partition coefficient (Wildman–Crippen LogP) is 9.32. The number of aliphatic carboxylic acids is 1. The fourth-order valence-corrected chi connectivity index (χ4v) is 11.7. The molecule has 1 fully saturated rings. The number of ether oxygens (including phenoxy) is 7. The number of nitrogens with zero attached hydrogens (tertiary/aromatic N) is 3. The zero-order valence-electron chi connectivity index (χ0n) is 44.6. The van der Waals surface area contributed by atoms with E-state index in [4.69, 9.17) is 54.6 Å². The molecule has 1 unspecified atom stereocenters. The first-order chi connectivity index (χ1) is 40.1. The minimum absolute atomic E-state index is 0.00317. The van der Waals surface area contributed by atoms with Crippen molar-refractivity contribution >= 4 is 69.3 Å². The van der Waals surface area contributed by atoms with Gasteiger partial charge in [-0.3, -0.25) is 14.5 Å². The van der Waals surface area contributed by atoms with Crippen LogP contribution in [0.2, 0.25) is 0 Å². The summed E-state index contributed by atoms with van der Waals surface area (Å²) in [6, 6.07) is 51.3. The number of thiazole rings is 1. The number of carbonyl (C=O) groups is 4. The van der Waals surface area contributed by atoms with E-state index in [0.29, 0.717) is 35.0 Å². The van der Waals surface area contributed by atoms with E-state index >= 15 is 9.59 Å². The smallest absolute Gasteiger partial charge is 0.355 e. The Hall–Kier alpha value is -8.08. The molecule has 0 aliphatic carbocycles. The number of benzene rings is 6. The van der Waals surface area contributed by atoms with E-state index in [0.717, 1.165) is 21.6 Å². The maximum atomic E-state index is 15.2. The van der Waals surface area contributed by atoms with E-state index in [2.05, 4.69) is 15.8 Å². The number of oxime groups is 1. The number of fused-ring (bicyclic) bond motifs is 1. The Morgan fingerprint density at radius 3 is 1.79 bits per heavy atom. The van der Waals surface area contributed by atoms with Gasteiger partial charge in [0, 0.05) is 36.8 Å². The van der Waals surface area contributed by atoms with Crippen molar-refractivity contribution < 1.29 is 62.3 Å². The number of rotatable bonds is 29. The summed E-state index contributed by atoms with van der Waals surface area (Å²) < 4.78 is 39.9. The van der Waals surface area contributed by atoms with Gasteiger partial charge in [0.25, 0.3) is 11.8 Å². The molecule has 2 aliphatic rings. The fraction of sp³-hybridized carbons (Fsp3) is 0.246. The largest absolute Gasteiger partial charge is 0.477 e. The molecule has 21 heteroatoms. The molecule has 6 aromatic carbocycles. The summed E-state index contributed by atoms with van der Waals surface area (Å²) in [5.41, 5.74) is 2.77. The van der Waals surface area contributed by atoms with Gasteiger partial charge in [-0.15, -0.1) is 34.7 Å². The number of carboxylic acid groups (broad SMARTS) is 1. The second-order valence-electron chi connectivity index (χ2n) is 18.4. The Kier molecular flexibility index (Phi) is 20.4. The van der Waals surface area contributed by atoms with Crippen molar-refractivity contribution in [2.75, 3.05) is 71.2 Å². The van der Waals surface area contributed by atoms with Crippen LogP contribution in [-0.4, -0.2) is 122 Å². The maximum Gasteiger partial charge on any atom is 0.355 e. The summed E-state index contributed by atoms with van der Waals surface area (Å²) in [5.74, 6) is -3.41. The molecule has 18 nitrogen and oxygen atoms in total. The molecule has 1 aromatic heterocycles. The third-order valence-electron chi connectivity index (χ3n) is 13.2. The molecule has 2 amide bonds. The lowest BCUT2D eigenvalue weighted by atomic mass is 9.77. The number of alkyl halides is 1. The number of esters is 1. The second kappa shape index (κ2) is 28.6. The number of thioether (sulfide) groups is 1. The Labute approximate surface area is 486 Å². The summed E-state index contributed by atoms with van der Waals surface area (Å²) in [6.45, 7) is 0.656. The van der Waals surface area contributed by atoms with E-state index in [-0.39, 0.29) is 66.9 Å². The number of methoxy groups -OCH3 is 2. The fourth-order valence-electron chi connectivity index (χ4n) is 9.22. The SMILES string of the molecule is COCCOCOc1ccc(C(O/N=C(/C(=O)N[C@@H]2C(=O)N3C(C(=O)O)=C(CCl)CS[C@H]23)c2csc(NC(c3ccccc3)(c3ccccc3)c3ccccc3)n2)C(=O)OC(c2ccccc2)c2ccccc2)cc1OCOCCOC. The zero-order chi connectivity index (χ0) is 57.3. The van der Waals surface area contributed by atoms with E-state index in [1.54, 1.807) is 31.7 Å². The number of amides is 2. The van der Waals surface area contributed by atoms with Crippen LogP contribution in [0.5, 0.6) is 11.5 Å². The highest BCUT2D eigenvalue weighted by Crippen LogP contribution is 2.43. The van der Waals surface area contributed by atoms with Crippen molar-refractivity contribution in [3.8, 4) is 11.5 Å². The lowest BCUT2D eigenvalue weighted by Crippen LogP contribution is -2.71. The van der Waals surface area contributed by atoms with E-state index < -0.39 is 58.6 Å². The topological polar surface area (TPSA) is 215 Å². The van der Waals surface area contributed by atoms with Gasteiger partial charge >= 0.3 is 11.9 Å². The minimum Gasteiger partial charge on any atom is -0.477 e. The van der Waals surface area contributed by atoms with Crippen LogP contribution < -0.4 is 20.1 Å². The summed E-state index contributed by atoms with van der Waals surface area (Å²) >= 11 is 8.57. The van der Waals surface area contributed by atoms with Crippen LogP contribution in [0.4, 0.5) is 5.13 Å². The number of aromatic nitrogens is 1. The Bertz CT molecular complexity index is 3190. The van der Waals surface area contributed by atoms with Crippen molar-refractivity contribution in [1.29, 1.82) is 0 Å². The first-order valence-electron chi connectivity index (χ1n) is 25.9. The monoisotopic (exact) mass is 1170 g/mol. The Balaban J connectivity index is 1.14. The first-order valence-corrected chi connectivity index (χ1v) is 28.4. The second-order valence-corrected chi connectivity index (χ2v) is 20.6. The van der Waals surface area contributed by atoms with Gasteiger partial charge in [0.15, 0.2) is 42.0 Å². The molecule has 0 bridgehead atoms. The van der Waals surface area contributed by atoms with Crippen LogP contribution in [0.25, 0.3) is 0 Å². The summed E-state index contributed by atoms with van der Waals surface area (Å²) in [6.07, 6.45) is -2.67. The summed E-state index contributed by atoms with van der Waals surface area (Å²) in [7, 11) is 3.09. The highest BCUT2D eigenvalue weighted by Gasteiger charge is 2.54. The van der Waals surface area contributed by atoms with Crippen LogP contribution in [-0.2, 0) is 53.2 Å². The number of hydrogen-bond donors (Lipinski definition) is 3. The predicted molar refractivity (Wildman–Crippen MR) is 310 cm³/mol. The van der Waals surface area contributed by atoms with Gasteiger partial charge in [0.05, 0.1) is 26.4 Å². The molecule has 0 spiro atoms. The van der Waals surface area contributed by atoms with Gasteiger partial charge < -0.3 is 53.7 Å². The minimum atomic E-state index is -1.73. The molecule has 3 N–H and O–H groups in total. The third-order valence-corrected chi connectivity index (χ3v) is 15.6. The lowest BCUT2D eigenvalue weighted by Gasteiger charge is -2.49. The quantitative estimate of drug-likeness (QED) is 0.00582. The lowest BCUT2D eigenvalue weighted by molar-refractivity contribution is -0.162. The number of anilines is 1. The van der Waals surface area contributed by atoms with Gasteiger partial charge in [0.1, 0.15) is 28.3 Å².